The topological polar surface area (TPSA) is 131 Å². The van der Waals surface area contributed by atoms with Crippen molar-refractivity contribution in [1.82, 2.24) is 10.6 Å². The van der Waals surface area contributed by atoms with Crippen molar-refractivity contribution in [2.24, 2.45) is 11.8 Å². The van der Waals surface area contributed by atoms with E-state index in [1.165, 1.54) is 0 Å². The number of amides is 2. The molecule has 2 aromatic rings. The van der Waals surface area contributed by atoms with E-state index in [0.717, 1.165) is 11.1 Å². The fourth-order valence-electron chi connectivity index (χ4n) is 4.89. The highest BCUT2D eigenvalue weighted by atomic mass is 16.6. The molecule has 9 heteroatoms. The van der Waals surface area contributed by atoms with E-state index < -0.39 is 41.5 Å². The third-order valence-corrected chi connectivity index (χ3v) is 6.99. The average Bonchev–Trinajstić information content (AvgIpc) is 2.95. The molecule has 2 amide bonds. The number of aliphatic hydroxyl groups is 1. The summed E-state index contributed by atoms with van der Waals surface area (Å²) in [7, 11) is 0. The lowest BCUT2D eigenvalue weighted by Gasteiger charge is -2.25. The van der Waals surface area contributed by atoms with E-state index >= 15 is 0 Å². The Labute approximate surface area is 254 Å². The maximum Gasteiger partial charge on any atom is 0.309 e. The highest BCUT2D eigenvalue weighted by Gasteiger charge is 2.29. The molecule has 1 aliphatic rings. The standard InChI is InChI=1S/C34H44N2O7/c1-34(2,3)43-31(39)21-27-17-11-10-16-26(20-30(38)35-28(22-37)18-24-12-6-4-7-13-24)32(40)36-29(23-42-33(27)41)19-25-14-8-5-9-15-25/h4-15,26-29,37H,16-23H2,1-3H3,(H,35,38)(H,36,40)/b11-10-/t26-,27+,28+,29-/m1/s1. The summed E-state index contributed by atoms with van der Waals surface area (Å²) in [5.74, 6) is -3.13. The van der Waals surface area contributed by atoms with Crippen LogP contribution in [0.4, 0.5) is 0 Å². The molecule has 0 saturated carbocycles. The molecule has 43 heavy (non-hydrogen) atoms. The number of hydrogen-bond acceptors (Lipinski definition) is 7. The summed E-state index contributed by atoms with van der Waals surface area (Å²) < 4.78 is 11.1. The SMILES string of the molecule is CC(C)(C)OC(=O)C[C@@H]1C/C=C\C[C@H](CC(=O)N[C@H](CO)Cc2ccccc2)C(=O)N[C@H](Cc2ccccc2)COC1=O. The highest BCUT2D eigenvalue weighted by molar-refractivity contribution is 5.86. The molecule has 0 radical (unpaired) electrons. The second kappa shape index (κ2) is 16.6. The molecule has 0 aromatic heterocycles. The van der Waals surface area contributed by atoms with Gasteiger partial charge < -0.3 is 25.2 Å². The van der Waals surface area contributed by atoms with Crippen LogP contribution in [0.2, 0.25) is 0 Å². The molecule has 1 aliphatic heterocycles. The fourth-order valence-corrected chi connectivity index (χ4v) is 4.89. The molecular weight excluding hydrogens is 548 g/mol. The van der Waals surface area contributed by atoms with Gasteiger partial charge in [-0.2, -0.15) is 0 Å². The van der Waals surface area contributed by atoms with Crippen molar-refractivity contribution in [2.75, 3.05) is 13.2 Å². The van der Waals surface area contributed by atoms with Crippen LogP contribution in [0.15, 0.2) is 72.8 Å². The van der Waals surface area contributed by atoms with Crippen LogP contribution >= 0.6 is 0 Å². The number of esters is 2. The van der Waals surface area contributed by atoms with Gasteiger partial charge in [0.1, 0.15) is 12.2 Å². The molecule has 0 fully saturated rings. The van der Waals surface area contributed by atoms with Gasteiger partial charge in [0.05, 0.1) is 36.9 Å². The van der Waals surface area contributed by atoms with Crippen LogP contribution in [0.5, 0.6) is 0 Å². The van der Waals surface area contributed by atoms with Gasteiger partial charge in [0.2, 0.25) is 11.8 Å². The number of hydrogen-bond donors (Lipinski definition) is 3. The number of carbonyl (C=O) groups excluding carboxylic acids is 4. The Kier molecular flexibility index (Phi) is 12.9. The number of allylic oxidation sites excluding steroid dienone is 2. The number of benzene rings is 2. The van der Waals surface area contributed by atoms with E-state index in [1.807, 2.05) is 60.7 Å². The second-order valence-electron chi connectivity index (χ2n) is 12.0. The van der Waals surface area contributed by atoms with Crippen molar-refractivity contribution in [3.05, 3.63) is 83.9 Å². The molecule has 0 unspecified atom stereocenters. The zero-order valence-electron chi connectivity index (χ0n) is 25.3. The number of rotatable bonds is 10. The molecule has 232 valence electrons. The summed E-state index contributed by atoms with van der Waals surface area (Å²) >= 11 is 0. The first-order valence-electron chi connectivity index (χ1n) is 14.8. The Bertz CT molecular complexity index is 1220. The Morgan fingerprint density at radius 2 is 1.56 bits per heavy atom. The van der Waals surface area contributed by atoms with Crippen LogP contribution in [-0.2, 0) is 41.5 Å². The van der Waals surface area contributed by atoms with Gasteiger partial charge in [0, 0.05) is 6.42 Å². The molecule has 2 aromatic carbocycles. The lowest BCUT2D eigenvalue weighted by atomic mass is 9.95. The van der Waals surface area contributed by atoms with Crippen LogP contribution < -0.4 is 10.6 Å². The molecule has 0 aliphatic carbocycles. The lowest BCUT2D eigenvalue weighted by molar-refractivity contribution is -0.161. The second-order valence-corrected chi connectivity index (χ2v) is 12.0. The lowest BCUT2D eigenvalue weighted by Crippen LogP contribution is -2.46. The van der Waals surface area contributed by atoms with E-state index in [9.17, 15) is 24.3 Å². The zero-order chi connectivity index (χ0) is 31.2. The van der Waals surface area contributed by atoms with E-state index in [4.69, 9.17) is 9.47 Å². The third kappa shape index (κ3) is 12.4. The summed E-state index contributed by atoms with van der Waals surface area (Å²) in [6.07, 6.45) is 4.64. The van der Waals surface area contributed by atoms with Crippen LogP contribution in [0.3, 0.4) is 0 Å². The van der Waals surface area contributed by atoms with Crippen LogP contribution in [0.1, 0.15) is 57.6 Å². The Balaban J connectivity index is 1.75. The molecule has 0 saturated heterocycles. The van der Waals surface area contributed by atoms with Gasteiger partial charge in [-0.05, 0) is 57.6 Å². The van der Waals surface area contributed by atoms with Crippen molar-refractivity contribution in [3.8, 4) is 0 Å². The minimum atomic E-state index is -0.747. The quantitative estimate of drug-likeness (QED) is 0.283. The van der Waals surface area contributed by atoms with Crippen molar-refractivity contribution in [2.45, 2.75) is 77.0 Å². The minimum absolute atomic E-state index is 0.0827. The van der Waals surface area contributed by atoms with Crippen LogP contribution in [0.25, 0.3) is 0 Å². The smallest absolute Gasteiger partial charge is 0.309 e. The van der Waals surface area contributed by atoms with Gasteiger partial charge in [-0.1, -0.05) is 72.8 Å². The minimum Gasteiger partial charge on any atom is -0.463 e. The molecule has 3 N–H and O–H groups in total. The van der Waals surface area contributed by atoms with Gasteiger partial charge in [-0.15, -0.1) is 0 Å². The van der Waals surface area contributed by atoms with Gasteiger partial charge >= 0.3 is 11.9 Å². The fraction of sp³-hybridized carbons (Fsp3) is 0.471. The first-order valence-corrected chi connectivity index (χ1v) is 14.8. The number of aliphatic hydroxyl groups excluding tert-OH is 1. The third-order valence-electron chi connectivity index (χ3n) is 6.99. The monoisotopic (exact) mass is 592 g/mol. The van der Waals surface area contributed by atoms with Crippen LogP contribution in [-0.4, -0.2) is 59.8 Å². The predicted octanol–water partition coefficient (Wildman–Crippen LogP) is 3.68. The molecule has 4 atom stereocenters. The maximum absolute atomic E-state index is 13.5. The van der Waals surface area contributed by atoms with E-state index in [1.54, 1.807) is 32.9 Å². The number of ether oxygens (including phenoxy) is 2. The first-order chi connectivity index (χ1) is 20.5. The van der Waals surface area contributed by atoms with Crippen molar-refractivity contribution in [1.29, 1.82) is 0 Å². The molecule has 9 nitrogen and oxygen atoms in total. The van der Waals surface area contributed by atoms with E-state index in [0.29, 0.717) is 12.8 Å². The van der Waals surface area contributed by atoms with Gasteiger partial charge in [0.25, 0.3) is 0 Å². The van der Waals surface area contributed by atoms with Crippen LogP contribution in [0, 0.1) is 11.8 Å². The normalized spacial score (nSPS) is 21.3. The largest absolute Gasteiger partial charge is 0.463 e. The molecule has 0 bridgehead atoms. The summed E-state index contributed by atoms with van der Waals surface area (Å²) in [6.45, 7) is 4.97. The maximum atomic E-state index is 13.5. The number of cyclic esters (lactones) is 1. The summed E-state index contributed by atoms with van der Waals surface area (Å²) in [6, 6.07) is 18.0. The highest BCUT2D eigenvalue weighted by Crippen LogP contribution is 2.20. The predicted molar refractivity (Wildman–Crippen MR) is 163 cm³/mol. The Hall–Kier alpha value is -3.98. The Morgan fingerprint density at radius 1 is 0.953 bits per heavy atom. The summed E-state index contributed by atoms with van der Waals surface area (Å²) in [5, 5.41) is 15.7. The summed E-state index contributed by atoms with van der Waals surface area (Å²) in [5.41, 5.74) is 1.24. The average molecular weight is 593 g/mol. The van der Waals surface area contributed by atoms with E-state index in [2.05, 4.69) is 10.6 Å². The molecule has 0 spiro atoms. The summed E-state index contributed by atoms with van der Waals surface area (Å²) in [4.78, 5) is 52.1. The zero-order valence-corrected chi connectivity index (χ0v) is 25.3. The van der Waals surface area contributed by atoms with E-state index in [-0.39, 0.29) is 50.7 Å². The molecule has 1 heterocycles. The van der Waals surface area contributed by atoms with Gasteiger partial charge in [-0.3, -0.25) is 19.2 Å². The Morgan fingerprint density at radius 3 is 2.16 bits per heavy atom. The van der Waals surface area contributed by atoms with Gasteiger partial charge in [-0.25, -0.2) is 0 Å². The first kappa shape index (κ1) is 33.5. The molecular formula is C34H44N2O7. The van der Waals surface area contributed by atoms with Crippen molar-refractivity contribution < 1.29 is 33.8 Å². The van der Waals surface area contributed by atoms with Crippen molar-refractivity contribution in [3.63, 3.8) is 0 Å². The number of nitrogens with one attached hydrogen (secondary N) is 2. The van der Waals surface area contributed by atoms with Crippen molar-refractivity contribution >= 4 is 23.8 Å². The van der Waals surface area contributed by atoms with Gasteiger partial charge in [0.15, 0.2) is 0 Å². The molecule has 3 rings (SSSR count). The number of carbonyl (C=O) groups is 4.